The molecule has 5 heteroatoms. The van der Waals surface area contributed by atoms with Crippen LogP contribution in [0.25, 0.3) is 0 Å². The van der Waals surface area contributed by atoms with Gasteiger partial charge in [-0.2, -0.15) is 0 Å². The molecule has 4 nitrogen and oxygen atoms in total. The monoisotopic (exact) mass is 254 g/mol. The molecule has 1 aromatic rings. The molecule has 1 aliphatic heterocycles. The maximum Gasteiger partial charge on any atom is 0.107 e. The lowest BCUT2D eigenvalue weighted by molar-refractivity contribution is 0.0303. The molecule has 1 N–H and O–H groups in total. The summed E-state index contributed by atoms with van der Waals surface area (Å²) in [7, 11) is 0. The molecule has 0 aromatic carbocycles. The fourth-order valence-electron chi connectivity index (χ4n) is 1.86. The number of ether oxygens (including phenoxy) is 2. The van der Waals surface area contributed by atoms with E-state index in [9.17, 15) is 0 Å². The van der Waals surface area contributed by atoms with E-state index in [1.54, 1.807) is 11.3 Å². The van der Waals surface area contributed by atoms with E-state index in [0.717, 1.165) is 42.9 Å². The second-order valence-corrected chi connectivity index (χ2v) is 5.63. The summed E-state index contributed by atoms with van der Waals surface area (Å²) in [5.74, 6) is 0. The zero-order valence-electron chi connectivity index (χ0n) is 9.85. The minimum Gasteiger partial charge on any atom is -0.379 e. The van der Waals surface area contributed by atoms with Crippen LogP contribution in [-0.4, -0.2) is 30.3 Å². The minimum atomic E-state index is 0.268. The second-order valence-electron chi connectivity index (χ2n) is 4.68. The first-order chi connectivity index (χ1) is 8.40. The molecule has 2 aliphatic rings. The normalized spacial score (nSPS) is 24.4. The molecule has 0 amide bonds. The number of hydrogen-bond donors (Lipinski definition) is 1. The van der Waals surface area contributed by atoms with E-state index in [1.807, 2.05) is 0 Å². The van der Waals surface area contributed by atoms with E-state index in [1.165, 1.54) is 12.8 Å². The maximum absolute atomic E-state index is 5.74. The molecule has 94 valence electrons. The van der Waals surface area contributed by atoms with Crippen LogP contribution < -0.4 is 5.32 Å². The third-order valence-corrected chi connectivity index (χ3v) is 3.97. The lowest BCUT2D eigenvalue weighted by Gasteiger charge is -2.07. The van der Waals surface area contributed by atoms with E-state index in [-0.39, 0.29) is 6.10 Å². The molecule has 1 saturated heterocycles. The van der Waals surface area contributed by atoms with Crippen molar-refractivity contribution in [2.24, 2.45) is 0 Å². The van der Waals surface area contributed by atoms with Crippen molar-refractivity contribution in [2.75, 3.05) is 13.2 Å². The lowest BCUT2D eigenvalue weighted by atomic mass is 10.3. The molecule has 1 unspecified atom stereocenters. The zero-order chi connectivity index (χ0) is 11.5. The highest BCUT2D eigenvalue weighted by Gasteiger charge is 2.20. The minimum absolute atomic E-state index is 0.268. The Morgan fingerprint density at radius 3 is 3.18 bits per heavy atom. The van der Waals surface area contributed by atoms with E-state index in [2.05, 4.69) is 15.7 Å². The molecule has 1 atom stereocenters. The van der Waals surface area contributed by atoms with Crippen molar-refractivity contribution < 1.29 is 9.47 Å². The number of hydrogen-bond acceptors (Lipinski definition) is 5. The second kappa shape index (κ2) is 5.44. The Labute approximate surface area is 105 Å². The number of nitrogens with one attached hydrogen (secondary N) is 1. The number of rotatable bonds is 6. The van der Waals surface area contributed by atoms with Gasteiger partial charge in [0, 0.05) is 24.6 Å². The van der Waals surface area contributed by atoms with Gasteiger partial charge in [0.25, 0.3) is 0 Å². The average Bonchev–Trinajstić information content (AvgIpc) is 2.86. The first kappa shape index (κ1) is 11.6. The molecule has 2 fully saturated rings. The van der Waals surface area contributed by atoms with Gasteiger partial charge in [0.2, 0.25) is 0 Å². The van der Waals surface area contributed by atoms with E-state index >= 15 is 0 Å². The van der Waals surface area contributed by atoms with Crippen molar-refractivity contribution in [2.45, 2.75) is 44.6 Å². The Bertz CT molecular complexity index is 359. The molecular formula is C12H18N2O2S. The summed E-state index contributed by atoms with van der Waals surface area (Å²) in [6.07, 6.45) is 3.93. The smallest absolute Gasteiger partial charge is 0.107 e. The predicted molar refractivity (Wildman–Crippen MR) is 66.0 cm³/mol. The number of aromatic nitrogens is 1. The van der Waals surface area contributed by atoms with Gasteiger partial charge in [-0.25, -0.2) is 4.98 Å². The summed E-state index contributed by atoms with van der Waals surface area (Å²) in [5.41, 5.74) is 1.05. The van der Waals surface area contributed by atoms with Crippen molar-refractivity contribution in [1.82, 2.24) is 10.3 Å². The molecule has 0 spiro atoms. The van der Waals surface area contributed by atoms with Crippen LogP contribution in [0.5, 0.6) is 0 Å². The lowest BCUT2D eigenvalue weighted by Crippen LogP contribution is -2.15. The Hall–Kier alpha value is -0.490. The standard InChI is InChI=1S/C12H18N2O2S/c1-2-9(1)13-5-12-14-10(8-17-12)6-16-11-3-4-15-7-11/h8-9,11,13H,1-7H2. The Kier molecular flexibility index (Phi) is 3.71. The Morgan fingerprint density at radius 2 is 2.41 bits per heavy atom. The third-order valence-electron chi connectivity index (χ3n) is 3.07. The summed E-state index contributed by atoms with van der Waals surface area (Å²) in [4.78, 5) is 4.56. The van der Waals surface area contributed by atoms with E-state index in [4.69, 9.17) is 9.47 Å². The van der Waals surface area contributed by atoms with Gasteiger partial charge < -0.3 is 14.8 Å². The molecule has 0 bridgehead atoms. The van der Waals surface area contributed by atoms with Crippen LogP contribution in [0.2, 0.25) is 0 Å². The summed E-state index contributed by atoms with van der Waals surface area (Å²) in [5, 5.41) is 6.73. The van der Waals surface area contributed by atoms with Gasteiger partial charge >= 0.3 is 0 Å². The van der Waals surface area contributed by atoms with Crippen molar-refractivity contribution in [3.05, 3.63) is 16.1 Å². The quantitative estimate of drug-likeness (QED) is 0.839. The molecule has 17 heavy (non-hydrogen) atoms. The molecule has 2 heterocycles. The summed E-state index contributed by atoms with van der Waals surface area (Å²) >= 11 is 1.72. The van der Waals surface area contributed by atoms with Gasteiger partial charge in [-0.1, -0.05) is 0 Å². The van der Waals surface area contributed by atoms with Crippen molar-refractivity contribution in [3.63, 3.8) is 0 Å². The SMILES string of the molecule is c1sc(CNC2CC2)nc1COC1CCOC1. The number of thiazole rings is 1. The summed E-state index contributed by atoms with van der Waals surface area (Å²) in [6, 6.07) is 0.745. The van der Waals surface area contributed by atoms with Crippen LogP contribution >= 0.6 is 11.3 Å². The van der Waals surface area contributed by atoms with Crippen molar-refractivity contribution in [3.8, 4) is 0 Å². The Morgan fingerprint density at radius 1 is 1.47 bits per heavy atom. The van der Waals surface area contributed by atoms with Crippen LogP contribution in [0.3, 0.4) is 0 Å². The maximum atomic E-state index is 5.74. The highest BCUT2D eigenvalue weighted by atomic mass is 32.1. The first-order valence-corrected chi connectivity index (χ1v) is 7.14. The van der Waals surface area contributed by atoms with Crippen LogP contribution in [-0.2, 0) is 22.6 Å². The van der Waals surface area contributed by atoms with Crippen molar-refractivity contribution in [1.29, 1.82) is 0 Å². The van der Waals surface area contributed by atoms with E-state index < -0.39 is 0 Å². The number of nitrogens with zero attached hydrogens (tertiary/aromatic N) is 1. The van der Waals surface area contributed by atoms with Gasteiger partial charge in [0.1, 0.15) is 5.01 Å². The van der Waals surface area contributed by atoms with Crippen LogP contribution in [0.4, 0.5) is 0 Å². The molecular weight excluding hydrogens is 236 g/mol. The fraction of sp³-hybridized carbons (Fsp3) is 0.750. The Balaban J connectivity index is 1.42. The molecule has 1 saturated carbocycles. The highest BCUT2D eigenvalue weighted by Crippen LogP contribution is 2.20. The summed E-state index contributed by atoms with van der Waals surface area (Å²) < 4.78 is 11.0. The average molecular weight is 254 g/mol. The summed E-state index contributed by atoms with van der Waals surface area (Å²) in [6.45, 7) is 3.09. The van der Waals surface area contributed by atoms with Gasteiger partial charge in [0.15, 0.2) is 0 Å². The van der Waals surface area contributed by atoms with Crippen LogP contribution in [0.1, 0.15) is 30.0 Å². The van der Waals surface area contributed by atoms with E-state index in [0.29, 0.717) is 6.61 Å². The fourth-order valence-corrected chi connectivity index (χ4v) is 2.59. The zero-order valence-corrected chi connectivity index (χ0v) is 10.7. The highest BCUT2D eigenvalue weighted by molar-refractivity contribution is 7.09. The molecule has 0 radical (unpaired) electrons. The predicted octanol–water partition coefficient (Wildman–Crippen LogP) is 1.70. The van der Waals surface area contributed by atoms with Crippen LogP contribution in [0.15, 0.2) is 5.38 Å². The van der Waals surface area contributed by atoms with Crippen LogP contribution in [0, 0.1) is 0 Å². The van der Waals surface area contributed by atoms with Crippen molar-refractivity contribution >= 4 is 11.3 Å². The first-order valence-electron chi connectivity index (χ1n) is 6.26. The third kappa shape index (κ3) is 3.48. The molecule has 1 aromatic heterocycles. The van der Waals surface area contributed by atoms with Gasteiger partial charge in [-0.15, -0.1) is 11.3 Å². The topological polar surface area (TPSA) is 43.4 Å². The molecule has 1 aliphatic carbocycles. The largest absolute Gasteiger partial charge is 0.379 e. The van der Waals surface area contributed by atoms with Gasteiger partial charge in [-0.05, 0) is 19.3 Å². The molecule has 3 rings (SSSR count). The van der Waals surface area contributed by atoms with Gasteiger partial charge in [-0.3, -0.25) is 0 Å². The van der Waals surface area contributed by atoms with Gasteiger partial charge in [0.05, 0.1) is 25.0 Å².